The van der Waals surface area contributed by atoms with E-state index < -0.39 is 0 Å². The Bertz CT molecular complexity index is 2050. The number of hydrogen-bond donors (Lipinski definition) is 0. The summed E-state index contributed by atoms with van der Waals surface area (Å²) in [5, 5.41) is 5.50. The molecule has 0 heterocycles. The fraction of sp³-hybridized carbons (Fsp3) is 0.182. The molecule has 0 aliphatic heterocycles. The largest absolute Gasteiger partial charge is 0.0836 e. The SMILES string of the molecule is CC1C=CC(c2c3ccccc3c(-c3ccccc3)c3c(-c4ccccc4)c4c(c(C5C=CC=CC5C)c23)CCC=C4)=CC1. The lowest BCUT2D eigenvalue weighted by Crippen LogP contribution is -2.15. The zero-order valence-corrected chi connectivity index (χ0v) is 25.6. The molecule has 0 saturated carbocycles. The average Bonchev–Trinajstić information content (AvgIpc) is 3.08. The van der Waals surface area contributed by atoms with Crippen LogP contribution in [0.4, 0.5) is 0 Å². The smallest absolute Gasteiger partial charge is 0.00907 e. The second kappa shape index (κ2) is 11.1. The van der Waals surface area contributed by atoms with Crippen molar-refractivity contribution in [2.24, 2.45) is 11.8 Å². The highest BCUT2D eigenvalue weighted by atomic mass is 14.3. The summed E-state index contributed by atoms with van der Waals surface area (Å²) in [5.74, 6) is 1.28. The molecule has 0 aromatic heterocycles. The van der Waals surface area contributed by atoms with Crippen LogP contribution in [0.5, 0.6) is 0 Å². The minimum Gasteiger partial charge on any atom is -0.0836 e. The molecule has 3 aliphatic rings. The van der Waals surface area contributed by atoms with Gasteiger partial charge in [0.2, 0.25) is 0 Å². The van der Waals surface area contributed by atoms with Gasteiger partial charge in [-0.05, 0) is 103 Å². The number of allylic oxidation sites excluding steroid dienone is 9. The maximum absolute atomic E-state index is 2.50. The number of rotatable bonds is 4. The van der Waals surface area contributed by atoms with Crippen LogP contribution in [0, 0.1) is 11.8 Å². The summed E-state index contributed by atoms with van der Waals surface area (Å²) >= 11 is 0. The Morgan fingerprint density at radius 1 is 0.614 bits per heavy atom. The number of hydrogen-bond acceptors (Lipinski definition) is 0. The first-order chi connectivity index (χ1) is 21.7. The van der Waals surface area contributed by atoms with Crippen molar-refractivity contribution in [2.75, 3.05) is 0 Å². The molecule has 5 aromatic carbocycles. The summed E-state index contributed by atoms with van der Waals surface area (Å²) in [6.45, 7) is 4.72. The van der Waals surface area contributed by atoms with E-state index in [0.29, 0.717) is 17.8 Å². The van der Waals surface area contributed by atoms with Gasteiger partial charge in [-0.2, -0.15) is 0 Å². The van der Waals surface area contributed by atoms with Crippen molar-refractivity contribution in [1.82, 2.24) is 0 Å². The zero-order valence-electron chi connectivity index (χ0n) is 25.6. The van der Waals surface area contributed by atoms with Crippen molar-refractivity contribution >= 4 is 33.2 Å². The van der Waals surface area contributed by atoms with Gasteiger partial charge in [-0.3, -0.25) is 0 Å². The molecule has 44 heavy (non-hydrogen) atoms. The Morgan fingerprint density at radius 2 is 1.27 bits per heavy atom. The van der Waals surface area contributed by atoms with Gasteiger partial charge in [0, 0.05) is 5.92 Å². The van der Waals surface area contributed by atoms with Gasteiger partial charge in [0.15, 0.2) is 0 Å². The third kappa shape index (κ3) is 4.36. The molecule has 3 atom stereocenters. The number of fused-ring (bicyclic) bond motifs is 3. The molecule has 5 aromatic rings. The zero-order chi connectivity index (χ0) is 29.6. The van der Waals surface area contributed by atoms with Crippen molar-refractivity contribution in [1.29, 1.82) is 0 Å². The van der Waals surface area contributed by atoms with Gasteiger partial charge in [0.25, 0.3) is 0 Å². The molecule has 0 heteroatoms. The quantitative estimate of drug-likeness (QED) is 0.190. The molecular weight excluding hydrogens is 528 g/mol. The molecule has 0 N–H and O–H groups in total. The van der Waals surface area contributed by atoms with Crippen molar-refractivity contribution in [3.8, 4) is 22.3 Å². The summed E-state index contributed by atoms with van der Waals surface area (Å²) in [5.41, 5.74) is 12.5. The lowest BCUT2D eigenvalue weighted by atomic mass is 9.70. The molecule has 0 saturated heterocycles. The molecule has 0 spiro atoms. The first-order valence-electron chi connectivity index (χ1n) is 16.3. The van der Waals surface area contributed by atoms with E-state index in [2.05, 4.69) is 153 Å². The fourth-order valence-electron chi connectivity index (χ4n) is 7.89. The second-order valence-corrected chi connectivity index (χ2v) is 12.8. The van der Waals surface area contributed by atoms with Gasteiger partial charge >= 0.3 is 0 Å². The molecule has 0 bridgehead atoms. The Balaban J connectivity index is 1.69. The Kier molecular flexibility index (Phi) is 6.79. The predicted molar refractivity (Wildman–Crippen MR) is 191 cm³/mol. The van der Waals surface area contributed by atoms with Gasteiger partial charge in [-0.1, -0.05) is 153 Å². The standard InChI is InChI=1S/C44H38/c1-29-25-27-33(28-26-29)41-36-22-12-11-21-35(36)39(31-16-5-3-6-17-31)43-40(32-18-7-4-8-19-32)37-23-13-14-24-38(37)42(44(41)43)34-20-10-9-15-30(34)2/h3-13,15-23,25,27-30,34H,14,24,26H2,1-2H3. The molecule has 214 valence electrons. The molecular formula is C44H38. The minimum absolute atomic E-state index is 0.309. The lowest BCUT2D eigenvalue weighted by Gasteiger charge is -2.33. The van der Waals surface area contributed by atoms with Crippen LogP contribution in [0.25, 0.3) is 55.4 Å². The summed E-state index contributed by atoms with van der Waals surface area (Å²) in [7, 11) is 0. The monoisotopic (exact) mass is 566 g/mol. The molecule has 3 aliphatic carbocycles. The van der Waals surface area contributed by atoms with Gasteiger partial charge in [-0.15, -0.1) is 0 Å². The van der Waals surface area contributed by atoms with Crippen molar-refractivity contribution in [3.63, 3.8) is 0 Å². The van der Waals surface area contributed by atoms with Gasteiger partial charge < -0.3 is 0 Å². The molecule has 0 fully saturated rings. The Labute approximate surface area is 261 Å². The molecule has 3 unspecified atom stereocenters. The van der Waals surface area contributed by atoms with E-state index in [9.17, 15) is 0 Å². The normalized spacial score (nSPS) is 20.7. The first-order valence-corrected chi connectivity index (χ1v) is 16.3. The maximum atomic E-state index is 2.50. The summed E-state index contributed by atoms with van der Waals surface area (Å²) < 4.78 is 0. The van der Waals surface area contributed by atoms with Crippen LogP contribution in [0.3, 0.4) is 0 Å². The first kappa shape index (κ1) is 26.9. The Morgan fingerprint density at radius 3 is 1.95 bits per heavy atom. The van der Waals surface area contributed by atoms with E-state index in [4.69, 9.17) is 0 Å². The van der Waals surface area contributed by atoms with Crippen molar-refractivity contribution < 1.29 is 0 Å². The van der Waals surface area contributed by atoms with Crippen molar-refractivity contribution in [2.45, 2.75) is 39.0 Å². The minimum atomic E-state index is 0.309. The third-order valence-corrected chi connectivity index (χ3v) is 9.97. The van der Waals surface area contributed by atoms with Crippen LogP contribution in [0.15, 0.2) is 134 Å². The van der Waals surface area contributed by atoms with Gasteiger partial charge in [-0.25, -0.2) is 0 Å². The van der Waals surface area contributed by atoms with E-state index in [1.807, 2.05) is 0 Å². The Hall–Kier alpha value is -4.68. The van der Waals surface area contributed by atoms with Crippen LogP contribution in [-0.4, -0.2) is 0 Å². The van der Waals surface area contributed by atoms with Crippen LogP contribution in [0.2, 0.25) is 0 Å². The van der Waals surface area contributed by atoms with Crippen LogP contribution in [0.1, 0.15) is 54.9 Å². The molecule has 0 radical (unpaired) electrons. The lowest BCUT2D eigenvalue weighted by molar-refractivity contribution is 0.632. The highest BCUT2D eigenvalue weighted by Gasteiger charge is 2.32. The summed E-state index contributed by atoms with van der Waals surface area (Å²) in [6, 6.07) is 31.5. The van der Waals surface area contributed by atoms with E-state index in [1.54, 1.807) is 0 Å². The molecule has 0 nitrogen and oxygen atoms in total. The molecule has 0 amide bonds. The van der Waals surface area contributed by atoms with Crippen LogP contribution < -0.4 is 0 Å². The summed E-state index contributed by atoms with van der Waals surface area (Å²) in [4.78, 5) is 0. The highest BCUT2D eigenvalue weighted by Crippen LogP contribution is 2.53. The van der Waals surface area contributed by atoms with E-state index in [0.717, 1.165) is 19.3 Å². The van der Waals surface area contributed by atoms with Gasteiger partial charge in [0.1, 0.15) is 0 Å². The van der Waals surface area contributed by atoms with Crippen molar-refractivity contribution in [3.05, 3.63) is 156 Å². The van der Waals surface area contributed by atoms with E-state index >= 15 is 0 Å². The van der Waals surface area contributed by atoms with Crippen LogP contribution >= 0.6 is 0 Å². The van der Waals surface area contributed by atoms with Crippen LogP contribution in [-0.2, 0) is 6.42 Å². The maximum Gasteiger partial charge on any atom is 0.00907 e. The predicted octanol–water partition coefficient (Wildman–Crippen LogP) is 12.1. The third-order valence-electron chi connectivity index (χ3n) is 9.97. The summed E-state index contributed by atoms with van der Waals surface area (Å²) in [6.07, 6.45) is 24.7. The average molecular weight is 567 g/mol. The highest BCUT2D eigenvalue weighted by molar-refractivity contribution is 6.25. The molecule has 8 rings (SSSR count). The van der Waals surface area contributed by atoms with Gasteiger partial charge in [0.05, 0.1) is 0 Å². The van der Waals surface area contributed by atoms with E-state index in [1.165, 1.54) is 71.6 Å². The number of benzene rings is 5. The second-order valence-electron chi connectivity index (χ2n) is 12.8. The van der Waals surface area contributed by atoms with E-state index in [-0.39, 0.29) is 0 Å². The topological polar surface area (TPSA) is 0 Å². The fourth-order valence-corrected chi connectivity index (χ4v) is 7.89.